The van der Waals surface area contributed by atoms with Crippen LogP contribution in [0, 0.1) is 6.92 Å². The van der Waals surface area contributed by atoms with Crippen molar-refractivity contribution in [2.45, 2.75) is 32.9 Å². The molecule has 2 N–H and O–H groups in total. The van der Waals surface area contributed by atoms with Crippen LogP contribution in [0.3, 0.4) is 0 Å². The second kappa shape index (κ2) is 6.43. The Hall–Kier alpha value is -2.01. The summed E-state index contributed by atoms with van der Waals surface area (Å²) in [4.78, 5) is 0. The van der Waals surface area contributed by atoms with Gasteiger partial charge in [-0.1, -0.05) is 11.2 Å². The number of hydrogen-bond donors (Lipinski definition) is 1. The zero-order valence-electron chi connectivity index (χ0n) is 12.1. The van der Waals surface area contributed by atoms with Crippen molar-refractivity contribution in [2.24, 2.45) is 5.73 Å². The molecule has 0 radical (unpaired) electrons. The fourth-order valence-electron chi connectivity index (χ4n) is 1.97. The Balaban J connectivity index is 2.11. The van der Waals surface area contributed by atoms with Gasteiger partial charge in [-0.25, -0.2) is 0 Å². The first-order valence-corrected chi connectivity index (χ1v) is 6.56. The maximum absolute atomic E-state index is 5.82. The van der Waals surface area contributed by atoms with Crippen LogP contribution in [0.4, 0.5) is 0 Å². The Morgan fingerprint density at radius 1 is 1.30 bits per heavy atom. The van der Waals surface area contributed by atoms with Gasteiger partial charge in [0.15, 0.2) is 17.3 Å². The molecule has 0 fully saturated rings. The lowest BCUT2D eigenvalue weighted by Gasteiger charge is -2.12. The summed E-state index contributed by atoms with van der Waals surface area (Å²) in [6, 6.07) is 7.78. The van der Waals surface area contributed by atoms with E-state index in [-0.39, 0.29) is 6.04 Å². The summed E-state index contributed by atoms with van der Waals surface area (Å²) >= 11 is 0. The highest BCUT2D eigenvalue weighted by atomic mass is 16.5. The monoisotopic (exact) mass is 276 g/mol. The summed E-state index contributed by atoms with van der Waals surface area (Å²) in [7, 11) is 1.62. The van der Waals surface area contributed by atoms with Crippen LogP contribution in [-0.4, -0.2) is 18.3 Å². The van der Waals surface area contributed by atoms with Crippen molar-refractivity contribution >= 4 is 0 Å². The predicted molar refractivity (Wildman–Crippen MR) is 75.9 cm³/mol. The Kier molecular flexibility index (Phi) is 4.63. The van der Waals surface area contributed by atoms with Crippen LogP contribution in [-0.2, 0) is 13.0 Å². The van der Waals surface area contributed by atoms with Gasteiger partial charge >= 0.3 is 0 Å². The van der Waals surface area contributed by atoms with Crippen LogP contribution in [0.15, 0.2) is 28.8 Å². The van der Waals surface area contributed by atoms with Crippen molar-refractivity contribution in [1.82, 2.24) is 5.16 Å². The molecule has 0 aliphatic rings. The zero-order chi connectivity index (χ0) is 14.5. The molecule has 0 spiro atoms. The van der Waals surface area contributed by atoms with Crippen LogP contribution in [0.25, 0.3) is 0 Å². The van der Waals surface area contributed by atoms with E-state index in [0.29, 0.717) is 23.9 Å². The van der Waals surface area contributed by atoms with Gasteiger partial charge in [0.25, 0.3) is 0 Å². The van der Waals surface area contributed by atoms with Crippen LogP contribution < -0.4 is 15.2 Å². The van der Waals surface area contributed by atoms with Crippen molar-refractivity contribution in [3.63, 3.8) is 0 Å². The number of nitrogens with two attached hydrogens (primary N) is 1. The van der Waals surface area contributed by atoms with Crippen molar-refractivity contribution < 1.29 is 14.0 Å². The number of methoxy groups -OCH3 is 1. The highest BCUT2D eigenvalue weighted by Crippen LogP contribution is 2.29. The van der Waals surface area contributed by atoms with Gasteiger partial charge in [-0.15, -0.1) is 0 Å². The molecule has 0 saturated carbocycles. The van der Waals surface area contributed by atoms with Gasteiger partial charge in [-0.05, 0) is 38.0 Å². The molecule has 1 unspecified atom stereocenters. The molecular formula is C15H20N2O3. The molecule has 2 aromatic rings. The van der Waals surface area contributed by atoms with Gasteiger partial charge < -0.3 is 19.7 Å². The average molecular weight is 276 g/mol. The third kappa shape index (κ3) is 3.74. The number of aromatic nitrogens is 1. The maximum Gasteiger partial charge on any atom is 0.174 e. The number of hydrogen-bond acceptors (Lipinski definition) is 5. The van der Waals surface area contributed by atoms with E-state index in [1.807, 2.05) is 38.1 Å². The fraction of sp³-hybridized carbons (Fsp3) is 0.400. The molecule has 0 aliphatic carbocycles. The third-order valence-electron chi connectivity index (χ3n) is 2.83. The molecule has 1 heterocycles. The summed E-state index contributed by atoms with van der Waals surface area (Å²) < 4.78 is 16.2. The Morgan fingerprint density at radius 3 is 2.70 bits per heavy atom. The van der Waals surface area contributed by atoms with Crippen LogP contribution in [0.2, 0.25) is 0 Å². The standard InChI is InChI=1S/C15H20N2O3/c1-10(16)6-12-4-5-14(18-3)15(8-12)19-9-13-7-11(2)17-20-13/h4-5,7-8,10H,6,9,16H2,1-3H3. The molecule has 108 valence electrons. The molecule has 5 heteroatoms. The number of ether oxygens (including phenoxy) is 2. The van der Waals surface area contributed by atoms with E-state index in [2.05, 4.69) is 5.16 Å². The quantitative estimate of drug-likeness (QED) is 0.877. The van der Waals surface area contributed by atoms with Gasteiger partial charge in [0.05, 0.1) is 12.8 Å². The van der Waals surface area contributed by atoms with Crippen molar-refractivity contribution in [1.29, 1.82) is 0 Å². The minimum absolute atomic E-state index is 0.105. The minimum Gasteiger partial charge on any atom is -0.493 e. The van der Waals surface area contributed by atoms with Gasteiger partial charge in [0.2, 0.25) is 0 Å². The molecule has 20 heavy (non-hydrogen) atoms. The van der Waals surface area contributed by atoms with E-state index in [0.717, 1.165) is 17.7 Å². The Labute approximate surface area is 118 Å². The molecule has 2 rings (SSSR count). The first-order chi connectivity index (χ1) is 9.58. The molecule has 5 nitrogen and oxygen atoms in total. The van der Waals surface area contributed by atoms with E-state index in [1.54, 1.807) is 7.11 Å². The summed E-state index contributed by atoms with van der Waals surface area (Å²) in [5.74, 6) is 2.05. The first kappa shape index (κ1) is 14.4. The van der Waals surface area contributed by atoms with Crippen LogP contribution >= 0.6 is 0 Å². The van der Waals surface area contributed by atoms with Crippen LogP contribution in [0.5, 0.6) is 11.5 Å². The third-order valence-corrected chi connectivity index (χ3v) is 2.83. The summed E-state index contributed by atoms with van der Waals surface area (Å²) in [5, 5.41) is 3.83. The molecule has 0 aliphatic heterocycles. The smallest absolute Gasteiger partial charge is 0.174 e. The van der Waals surface area contributed by atoms with Gasteiger partial charge in [0, 0.05) is 12.1 Å². The molecule has 1 atom stereocenters. The van der Waals surface area contributed by atoms with E-state index >= 15 is 0 Å². The highest BCUT2D eigenvalue weighted by molar-refractivity contribution is 5.43. The Bertz CT molecular complexity index is 564. The van der Waals surface area contributed by atoms with Crippen molar-refractivity contribution in [3.8, 4) is 11.5 Å². The van der Waals surface area contributed by atoms with E-state index < -0.39 is 0 Å². The molecule has 0 amide bonds. The average Bonchev–Trinajstić information content (AvgIpc) is 2.82. The van der Waals surface area contributed by atoms with E-state index in [4.69, 9.17) is 19.7 Å². The topological polar surface area (TPSA) is 70.5 Å². The van der Waals surface area contributed by atoms with Crippen LogP contribution in [0.1, 0.15) is 23.9 Å². The van der Waals surface area contributed by atoms with Gasteiger partial charge in [0.1, 0.15) is 6.61 Å². The fourth-order valence-corrected chi connectivity index (χ4v) is 1.97. The largest absolute Gasteiger partial charge is 0.493 e. The number of nitrogens with zero attached hydrogens (tertiary/aromatic N) is 1. The number of aryl methyl sites for hydroxylation is 1. The second-order valence-corrected chi connectivity index (χ2v) is 4.89. The molecular weight excluding hydrogens is 256 g/mol. The lowest BCUT2D eigenvalue weighted by molar-refractivity contribution is 0.238. The lowest BCUT2D eigenvalue weighted by atomic mass is 10.1. The van der Waals surface area contributed by atoms with E-state index in [9.17, 15) is 0 Å². The Morgan fingerprint density at radius 2 is 2.10 bits per heavy atom. The normalized spacial score (nSPS) is 12.2. The number of rotatable bonds is 6. The lowest BCUT2D eigenvalue weighted by Crippen LogP contribution is -2.17. The van der Waals surface area contributed by atoms with E-state index in [1.165, 1.54) is 0 Å². The van der Waals surface area contributed by atoms with Crippen molar-refractivity contribution in [2.75, 3.05) is 7.11 Å². The molecule has 0 saturated heterocycles. The zero-order valence-corrected chi connectivity index (χ0v) is 12.1. The van der Waals surface area contributed by atoms with Gasteiger partial charge in [-0.2, -0.15) is 0 Å². The summed E-state index contributed by atoms with van der Waals surface area (Å²) in [6.07, 6.45) is 0.793. The number of benzene rings is 1. The molecule has 0 bridgehead atoms. The predicted octanol–water partition coefficient (Wildman–Crippen LogP) is 2.46. The SMILES string of the molecule is COc1ccc(CC(C)N)cc1OCc1cc(C)no1. The molecule has 1 aromatic heterocycles. The summed E-state index contributed by atoms with van der Waals surface area (Å²) in [6.45, 7) is 4.16. The second-order valence-electron chi connectivity index (χ2n) is 4.89. The van der Waals surface area contributed by atoms with Gasteiger partial charge in [-0.3, -0.25) is 0 Å². The maximum atomic E-state index is 5.82. The minimum atomic E-state index is 0.105. The molecule has 1 aromatic carbocycles. The highest BCUT2D eigenvalue weighted by Gasteiger charge is 2.09. The summed E-state index contributed by atoms with van der Waals surface area (Å²) in [5.41, 5.74) is 7.77. The first-order valence-electron chi connectivity index (χ1n) is 6.56. The van der Waals surface area contributed by atoms with Crippen molar-refractivity contribution in [3.05, 3.63) is 41.3 Å².